The minimum atomic E-state index is -0.410. The maximum absolute atomic E-state index is 11.4. The second kappa shape index (κ2) is 5.69. The molecule has 0 saturated heterocycles. The number of non-ortho nitro benzene ring substituents is 1. The number of nitro groups is 1. The molecule has 6 nitrogen and oxygen atoms in total. The largest absolute Gasteiger partial charge is 0.383 e. The van der Waals surface area contributed by atoms with E-state index in [9.17, 15) is 14.9 Å². The molecule has 0 spiro atoms. The molecule has 1 aliphatic carbocycles. The van der Waals surface area contributed by atoms with Crippen molar-refractivity contribution in [1.29, 1.82) is 0 Å². The number of hydrogen-bond acceptors (Lipinski definition) is 4. The van der Waals surface area contributed by atoms with Gasteiger partial charge in [-0.2, -0.15) is 0 Å². The van der Waals surface area contributed by atoms with Crippen molar-refractivity contribution in [2.75, 3.05) is 18.4 Å². The highest BCUT2D eigenvalue weighted by molar-refractivity contribution is 5.80. The van der Waals surface area contributed by atoms with E-state index in [1.165, 1.54) is 12.1 Å². The maximum Gasteiger partial charge on any atom is 0.271 e. The maximum atomic E-state index is 11.4. The first-order valence-electron chi connectivity index (χ1n) is 6.34. The number of carbonyl (C=O) groups is 1. The summed E-state index contributed by atoms with van der Waals surface area (Å²) in [6.07, 6.45) is 1.98. The molecule has 0 unspecified atom stereocenters. The molecule has 1 amide bonds. The summed E-state index contributed by atoms with van der Waals surface area (Å²) in [7, 11) is 0. The van der Waals surface area contributed by atoms with E-state index in [0.29, 0.717) is 18.8 Å². The van der Waals surface area contributed by atoms with Gasteiger partial charge in [0.25, 0.3) is 5.69 Å². The number of benzene rings is 1. The lowest BCUT2D eigenvalue weighted by Crippen LogP contribution is -2.29. The van der Waals surface area contributed by atoms with Crippen LogP contribution in [0.15, 0.2) is 18.2 Å². The molecular weight excluding hydrogens is 246 g/mol. The number of anilines is 1. The number of carbonyl (C=O) groups excluding carboxylic acids is 1. The molecule has 0 aliphatic heterocycles. The molecule has 6 heteroatoms. The number of nitro benzene ring substituents is 1. The van der Waals surface area contributed by atoms with E-state index >= 15 is 0 Å². The SMILES string of the molecule is Cc1cc(NCCNC(=O)C2CC2)cc([N+](=O)[O-])c1. The van der Waals surface area contributed by atoms with Crippen molar-refractivity contribution in [3.8, 4) is 0 Å². The average molecular weight is 263 g/mol. The van der Waals surface area contributed by atoms with E-state index < -0.39 is 4.92 Å². The third-order valence-electron chi connectivity index (χ3n) is 2.97. The minimum absolute atomic E-state index is 0.0736. The third kappa shape index (κ3) is 3.94. The van der Waals surface area contributed by atoms with Crippen LogP contribution in [0.1, 0.15) is 18.4 Å². The van der Waals surface area contributed by atoms with Crippen molar-refractivity contribution in [2.24, 2.45) is 5.92 Å². The molecule has 2 N–H and O–H groups in total. The first-order chi connectivity index (χ1) is 9.06. The van der Waals surface area contributed by atoms with Crippen LogP contribution in [0.5, 0.6) is 0 Å². The van der Waals surface area contributed by atoms with Crippen LogP contribution in [0, 0.1) is 23.0 Å². The van der Waals surface area contributed by atoms with Gasteiger partial charge in [-0.1, -0.05) is 0 Å². The number of amides is 1. The summed E-state index contributed by atoms with van der Waals surface area (Å²) < 4.78 is 0. The molecule has 0 atom stereocenters. The zero-order valence-corrected chi connectivity index (χ0v) is 10.8. The summed E-state index contributed by atoms with van der Waals surface area (Å²) in [5.41, 5.74) is 1.61. The van der Waals surface area contributed by atoms with Crippen molar-refractivity contribution >= 4 is 17.3 Å². The number of nitrogens with one attached hydrogen (secondary N) is 2. The highest BCUT2D eigenvalue weighted by atomic mass is 16.6. The summed E-state index contributed by atoms with van der Waals surface area (Å²) in [5.74, 6) is 0.317. The number of nitrogens with zero attached hydrogens (tertiary/aromatic N) is 1. The van der Waals surface area contributed by atoms with Crippen LogP contribution in [-0.2, 0) is 4.79 Å². The Morgan fingerprint density at radius 3 is 2.74 bits per heavy atom. The Labute approximate surface area is 111 Å². The fourth-order valence-electron chi connectivity index (χ4n) is 1.85. The van der Waals surface area contributed by atoms with E-state index in [1.54, 1.807) is 0 Å². The summed E-state index contributed by atoms with van der Waals surface area (Å²) >= 11 is 0. The van der Waals surface area contributed by atoms with Crippen LogP contribution in [0.4, 0.5) is 11.4 Å². The standard InChI is InChI=1S/C13H17N3O3/c1-9-6-11(8-12(7-9)16(18)19)14-4-5-15-13(17)10-2-3-10/h6-8,10,14H,2-5H2,1H3,(H,15,17). The van der Waals surface area contributed by atoms with Gasteiger partial charge in [0.15, 0.2) is 0 Å². The lowest BCUT2D eigenvalue weighted by molar-refractivity contribution is -0.384. The molecule has 1 aromatic carbocycles. The van der Waals surface area contributed by atoms with Crippen LogP contribution in [0.3, 0.4) is 0 Å². The van der Waals surface area contributed by atoms with E-state index in [2.05, 4.69) is 10.6 Å². The zero-order valence-electron chi connectivity index (χ0n) is 10.8. The number of aryl methyl sites for hydroxylation is 1. The molecule has 1 aliphatic rings. The van der Waals surface area contributed by atoms with Gasteiger partial charge in [0.2, 0.25) is 5.91 Å². The van der Waals surface area contributed by atoms with Crippen molar-refractivity contribution in [1.82, 2.24) is 5.32 Å². The topological polar surface area (TPSA) is 84.3 Å². The number of rotatable bonds is 6. The van der Waals surface area contributed by atoms with Gasteiger partial charge < -0.3 is 10.6 Å². The van der Waals surface area contributed by atoms with Crippen LogP contribution < -0.4 is 10.6 Å². The van der Waals surface area contributed by atoms with Gasteiger partial charge in [0.05, 0.1) is 4.92 Å². The molecule has 19 heavy (non-hydrogen) atoms. The molecule has 1 aromatic rings. The normalized spacial score (nSPS) is 13.9. The van der Waals surface area contributed by atoms with E-state index in [-0.39, 0.29) is 17.5 Å². The van der Waals surface area contributed by atoms with Crippen LogP contribution in [0.2, 0.25) is 0 Å². The Morgan fingerprint density at radius 2 is 2.11 bits per heavy atom. The van der Waals surface area contributed by atoms with Crippen molar-refractivity contribution in [3.63, 3.8) is 0 Å². The molecule has 2 rings (SSSR count). The van der Waals surface area contributed by atoms with Gasteiger partial charge in [-0.05, 0) is 31.4 Å². The first-order valence-corrected chi connectivity index (χ1v) is 6.34. The highest BCUT2D eigenvalue weighted by Crippen LogP contribution is 2.28. The van der Waals surface area contributed by atoms with Crippen LogP contribution in [0.25, 0.3) is 0 Å². The fraction of sp³-hybridized carbons (Fsp3) is 0.462. The Kier molecular flexibility index (Phi) is 3.99. The second-order valence-corrected chi connectivity index (χ2v) is 4.81. The molecular formula is C13H17N3O3. The molecule has 0 bridgehead atoms. The van der Waals surface area contributed by atoms with Gasteiger partial charge in [0.1, 0.15) is 0 Å². The Bertz CT molecular complexity index is 498. The van der Waals surface area contributed by atoms with Crippen molar-refractivity contribution in [2.45, 2.75) is 19.8 Å². The zero-order chi connectivity index (χ0) is 13.8. The summed E-state index contributed by atoms with van der Waals surface area (Å²) in [5, 5.41) is 16.6. The molecule has 1 fully saturated rings. The summed E-state index contributed by atoms with van der Waals surface area (Å²) in [6, 6.07) is 4.87. The van der Waals surface area contributed by atoms with Gasteiger partial charge in [-0.25, -0.2) is 0 Å². The van der Waals surface area contributed by atoms with E-state index in [4.69, 9.17) is 0 Å². The molecule has 0 radical (unpaired) electrons. The quantitative estimate of drug-likeness (QED) is 0.466. The third-order valence-corrected chi connectivity index (χ3v) is 2.97. The molecule has 1 saturated carbocycles. The van der Waals surface area contributed by atoms with Gasteiger partial charge in [-0.3, -0.25) is 14.9 Å². The Morgan fingerprint density at radius 1 is 1.37 bits per heavy atom. The van der Waals surface area contributed by atoms with Crippen LogP contribution >= 0.6 is 0 Å². The lowest BCUT2D eigenvalue weighted by Gasteiger charge is -2.08. The highest BCUT2D eigenvalue weighted by Gasteiger charge is 2.28. The Balaban J connectivity index is 1.81. The Hall–Kier alpha value is -2.11. The number of hydrogen-bond donors (Lipinski definition) is 2. The summed E-state index contributed by atoms with van der Waals surface area (Å²) in [6.45, 7) is 2.89. The minimum Gasteiger partial charge on any atom is -0.383 e. The molecule has 0 aromatic heterocycles. The smallest absolute Gasteiger partial charge is 0.271 e. The van der Waals surface area contributed by atoms with Crippen molar-refractivity contribution in [3.05, 3.63) is 33.9 Å². The van der Waals surface area contributed by atoms with Crippen LogP contribution in [-0.4, -0.2) is 23.9 Å². The van der Waals surface area contributed by atoms with Gasteiger partial charge >= 0.3 is 0 Å². The fourth-order valence-corrected chi connectivity index (χ4v) is 1.85. The average Bonchev–Trinajstić information content (AvgIpc) is 3.17. The van der Waals surface area contributed by atoms with Gasteiger partial charge in [-0.15, -0.1) is 0 Å². The van der Waals surface area contributed by atoms with E-state index in [0.717, 1.165) is 18.4 Å². The predicted molar refractivity (Wildman–Crippen MR) is 72.1 cm³/mol. The predicted octanol–water partition coefficient (Wildman–Crippen LogP) is 1.84. The van der Waals surface area contributed by atoms with Gasteiger partial charge in [0, 0.05) is 36.8 Å². The first kappa shape index (κ1) is 13.3. The lowest BCUT2D eigenvalue weighted by atomic mass is 10.2. The molecule has 102 valence electrons. The van der Waals surface area contributed by atoms with E-state index in [1.807, 2.05) is 13.0 Å². The second-order valence-electron chi connectivity index (χ2n) is 4.81. The summed E-state index contributed by atoms with van der Waals surface area (Å²) in [4.78, 5) is 21.7. The molecule has 0 heterocycles. The monoisotopic (exact) mass is 263 g/mol. The van der Waals surface area contributed by atoms with Crippen molar-refractivity contribution < 1.29 is 9.72 Å².